The highest BCUT2D eigenvalue weighted by Crippen LogP contribution is 2.30. The van der Waals surface area contributed by atoms with Gasteiger partial charge in [-0.05, 0) is 57.6 Å². The van der Waals surface area contributed by atoms with Gasteiger partial charge in [-0.1, -0.05) is 41.1 Å². The van der Waals surface area contributed by atoms with E-state index in [9.17, 15) is 13.2 Å². The molecule has 2 aliphatic heterocycles. The minimum absolute atomic E-state index is 0.0937. The van der Waals surface area contributed by atoms with Gasteiger partial charge in [0.25, 0.3) is 0 Å². The Bertz CT molecular complexity index is 1090. The second kappa shape index (κ2) is 9.58. The van der Waals surface area contributed by atoms with Crippen LogP contribution in [-0.4, -0.2) is 54.9 Å². The van der Waals surface area contributed by atoms with Gasteiger partial charge in [-0.25, -0.2) is 8.42 Å². The van der Waals surface area contributed by atoms with Crippen LogP contribution in [0.2, 0.25) is 0 Å². The number of aromatic nitrogens is 1. The third-order valence-corrected chi connectivity index (χ3v) is 8.43. The third-order valence-electron chi connectivity index (χ3n) is 6.37. The molecule has 3 heterocycles. The molecule has 1 aromatic carbocycles. The van der Waals surface area contributed by atoms with Gasteiger partial charge in [-0.3, -0.25) is 4.79 Å². The molecule has 0 atom stereocenters. The van der Waals surface area contributed by atoms with Crippen molar-refractivity contribution in [2.24, 2.45) is 5.92 Å². The van der Waals surface area contributed by atoms with Crippen molar-refractivity contribution in [1.29, 1.82) is 0 Å². The maximum absolute atomic E-state index is 13.4. The lowest BCUT2D eigenvalue weighted by molar-refractivity contribution is -0.137. The highest BCUT2D eigenvalue weighted by molar-refractivity contribution is 7.89. The van der Waals surface area contributed by atoms with Gasteiger partial charge in [0.2, 0.25) is 15.9 Å². The number of likely N-dealkylation sites (tertiary alicyclic amines) is 1. The van der Waals surface area contributed by atoms with Gasteiger partial charge >= 0.3 is 0 Å². The van der Waals surface area contributed by atoms with Crippen molar-refractivity contribution in [2.75, 3.05) is 26.2 Å². The SMILES string of the molecule is Cc1cccc(C=Cc2onc(C)c2S(=O)(=O)N2CCC(C(=O)N3CCCCC3)CC2)c1. The Balaban J connectivity index is 1.47. The molecule has 172 valence electrons. The Morgan fingerprint density at radius 2 is 1.78 bits per heavy atom. The summed E-state index contributed by atoms with van der Waals surface area (Å²) in [5.74, 6) is 0.323. The van der Waals surface area contributed by atoms with Crippen LogP contribution in [0.4, 0.5) is 0 Å². The summed E-state index contributed by atoms with van der Waals surface area (Å²) in [7, 11) is -3.77. The van der Waals surface area contributed by atoms with Gasteiger partial charge in [-0.2, -0.15) is 4.31 Å². The molecule has 1 amide bonds. The molecule has 0 N–H and O–H groups in total. The van der Waals surface area contributed by atoms with Crippen molar-refractivity contribution >= 4 is 28.1 Å². The number of aryl methyl sites for hydroxylation is 2. The van der Waals surface area contributed by atoms with Gasteiger partial charge in [0, 0.05) is 32.1 Å². The van der Waals surface area contributed by atoms with E-state index in [2.05, 4.69) is 5.16 Å². The number of piperidine rings is 2. The summed E-state index contributed by atoms with van der Waals surface area (Å²) in [6.45, 7) is 5.97. The number of amides is 1. The number of hydrogen-bond donors (Lipinski definition) is 0. The molecule has 0 radical (unpaired) electrons. The van der Waals surface area contributed by atoms with Crippen molar-refractivity contribution < 1.29 is 17.7 Å². The monoisotopic (exact) mass is 457 g/mol. The largest absolute Gasteiger partial charge is 0.355 e. The number of benzene rings is 1. The predicted molar refractivity (Wildman–Crippen MR) is 123 cm³/mol. The number of carbonyl (C=O) groups is 1. The quantitative estimate of drug-likeness (QED) is 0.680. The second-order valence-corrected chi connectivity index (χ2v) is 10.6. The topological polar surface area (TPSA) is 83.7 Å². The molecule has 0 saturated carbocycles. The van der Waals surface area contributed by atoms with Crippen molar-refractivity contribution in [3.8, 4) is 0 Å². The second-order valence-electron chi connectivity index (χ2n) is 8.77. The molecule has 2 fully saturated rings. The lowest BCUT2D eigenvalue weighted by Crippen LogP contribution is -2.45. The summed E-state index contributed by atoms with van der Waals surface area (Å²) in [6, 6.07) is 7.92. The fourth-order valence-electron chi connectivity index (χ4n) is 4.59. The lowest BCUT2D eigenvalue weighted by Gasteiger charge is -2.35. The van der Waals surface area contributed by atoms with E-state index in [1.807, 2.05) is 42.2 Å². The van der Waals surface area contributed by atoms with E-state index in [0.717, 1.165) is 37.1 Å². The predicted octanol–water partition coefficient (Wildman–Crippen LogP) is 3.88. The Hall–Kier alpha value is -2.45. The van der Waals surface area contributed by atoms with Crippen LogP contribution in [0.15, 0.2) is 33.7 Å². The zero-order valence-corrected chi connectivity index (χ0v) is 19.6. The molecular formula is C24H31N3O4S. The summed E-state index contributed by atoms with van der Waals surface area (Å²) in [5, 5.41) is 3.92. The van der Waals surface area contributed by atoms with E-state index < -0.39 is 10.0 Å². The van der Waals surface area contributed by atoms with E-state index in [1.54, 1.807) is 13.0 Å². The standard InChI is InChI=1S/C24H31N3O4S/c1-18-7-6-8-20(17-18)9-10-22-23(19(2)25-31-22)32(29,30)27-15-11-21(12-16-27)24(28)26-13-4-3-5-14-26/h6-10,17,21H,3-5,11-16H2,1-2H3. The smallest absolute Gasteiger partial charge is 0.248 e. The van der Waals surface area contributed by atoms with E-state index in [4.69, 9.17) is 4.52 Å². The highest BCUT2D eigenvalue weighted by atomic mass is 32.2. The minimum atomic E-state index is -3.77. The van der Waals surface area contributed by atoms with E-state index in [-0.39, 0.29) is 22.5 Å². The molecule has 0 spiro atoms. The van der Waals surface area contributed by atoms with Gasteiger partial charge in [-0.15, -0.1) is 0 Å². The first-order valence-electron chi connectivity index (χ1n) is 11.4. The Labute approximate surface area is 190 Å². The third kappa shape index (κ3) is 4.81. The minimum Gasteiger partial charge on any atom is -0.355 e. The maximum atomic E-state index is 13.4. The molecule has 2 aromatic rings. The van der Waals surface area contributed by atoms with Crippen LogP contribution in [0, 0.1) is 19.8 Å². The molecule has 0 unspecified atom stereocenters. The zero-order chi connectivity index (χ0) is 22.7. The number of carbonyl (C=O) groups excluding carboxylic acids is 1. The van der Waals surface area contributed by atoms with Crippen molar-refractivity contribution in [3.05, 3.63) is 46.8 Å². The van der Waals surface area contributed by atoms with Crippen molar-refractivity contribution in [1.82, 2.24) is 14.4 Å². The summed E-state index contributed by atoms with van der Waals surface area (Å²) in [6.07, 6.45) is 7.89. The average Bonchev–Trinajstić information content (AvgIpc) is 3.19. The van der Waals surface area contributed by atoms with Crippen LogP contribution in [0.25, 0.3) is 12.2 Å². The summed E-state index contributed by atoms with van der Waals surface area (Å²) < 4.78 is 33.7. The van der Waals surface area contributed by atoms with Crippen LogP contribution in [0.5, 0.6) is 0 Å². The van der Waals surface area contributed by atoms with Gasteiger partial charge < -0.3 is 9.42 Å². The molecule has 7 nitrogen and oxygen atoms in total. The first-order chi connectivity index (χ1) is 15.4. The van der Waals surface area contributed by atoms with Crippen molar-refractivity contribution in [3.63, 3.8) is 0 Å². The number of hydrogen-bond acceptors (Lipinski definition) is 5. The van der Waals surface area contributed by atoms with Crippen molar-refractivity contribution in [2.45, 2.75) is 50.8 Å². The van der Waals surface area contributed by atoms with Gasteiger partial charge in [0.15, 0.2) is 10.7 Å². The first-order valence-corrected chi connectivity index (χ1v) is 12.8. The fraction of sp³-hybridized carbons (Fsp3) is 0.500. The normalized spacial score (nSPS) is 19.0. The zero-order valence-electron chi connectivity index (χ0n) is 18.8. The van der Waals surface area contributed by atoms with Gasteiger partial charge in [0.1, 0.15) is 5.69 Å². The summed E-state index contributed by atoms with van der Waals surface area (Å²) in [5.41, 5.74) is 2.43. The van der Waals surface area contributed by atoms with Crippen LogP contribution >= 0.6 is 0 Å². The molecular weight excluding hydrogens is 426 g/mol. The molecule has 32 heavy (non-hydrogen) atoms. The van der Waals surface area contributed by atoms with Crippen LogP contribution in [0.1, 0.15) is 54.7 Å². The number of nitrogens with zero attached hydrogens (tertiary/aromatic N) is 3. The molecule has 0 aliphatic carbocycles. The molecule has 2 aliphatic rings. The van der Waals surface area contributed by atoms with Crippen LogP contribution in [-0.2, 0) is 14.8 Å². The van der Waals surface area contributed by atoms with E-state index in [0.29, 0.717) is 31.6 Å². The summed E-state index contributed by atoms with van der Waals surface area (Å²) >= 11 is 0. The summed E-state index contributed by atoms with van der Waals surface area (Å²) in [4.78, 5) is 14.9. The van der Waals surface area contributed by atoms with Gasteiger partial charge in [0.05, 0.1) is 0 Å². The Kier molecular flexibility index (Phi) is 6.81. The lowest BCUT2D eigenvalue weighted by atomic mass is 9.95. The molecule has 2 saturated heterocycles. The molecule has 1 aromatic heterocycles. The van der Waals surface area contributed by atoms with E-state index in [1.165, 1.54) is 10.7 Å². The number of sulfonamides is 1. The van der Waals surface area contributed by atoms with Crippen LogP contribution < -0.4 is 0 Å². The maximum Gasteiger partial charge on any atom is 0.248 e. The molecule has 4 rings (SSSR count). The number of rotatable bonds is 5. The fourth-order valence-corrected chi connectivity index (χ4v) is 6.31. The van der Waals surface area contributed by atoms with Crippen LogP contribution in [0.3, 0.4) is 0 Å². The van der Waals surface area contributed by atoms with E-state index >= 15 is 0 Å². The molecule has 8 heteroatoms. The average molecular weight is 458 g/mol. The highest BCUT2D eigenvalue weighted by Gasteiger charge is 2.37. The molecule has 0 bridgehead atoms. The Morgan fingerprint density at radius 3 is 2.47 bits per heavy atom. The Morgan fingerprint density at radius 1 is 1.06 bits per heavy atom. The first kappa shape index (κ1) is 22.7.